The van der Waals surface area contributed by atoms with E-state index in [2.05, 4.69) is 0 Å². The summed E-state index contributed by atoms with van der Waals surface area (Å²) in [4.78, 5) is 0.258. The number of hydrogen-bond acceptors (Lipinski definition) is 4. The van der Waals surface area contributed by atoms with E-state index in [4.69, 9.17) is 5.73 Å². The van der Waals surface area contributed by atoms with Crippen LogP contribution in [0.3, 0.4) is 0 Å². The molecule has 0 amide bonds. The zero-order valence-corrected chi connectivity index (χ0v) is 10.9. The van der Waals surface area contributed by atoms with E-state index in [0.29, 0.717) is 25.9 Å². The summed E-state index contributed by atoms with van der Waals surface area (Å²) in [5.74, 6) is 0. The minimum Gasteiger partial charge on any atom is -0.392 e. The number of rotatable bonds is 3. The second-order valence-electron chi connectivity index (χ2n) is 4.51. The molecule has 6 heteroatoms. The Hall–Kier alpha value is -0.950. The van der Waals surface area contributed by atoms with Gasteiger partial charge in [0.1, 0.15) is 0 Å². The van der Waals surface area contributed by atoms with Gasteiger partial charge in [0.05, 0.1) is 11.0 Å². The van der Waals surface area contributed by atoms with Crippen LogP contribution in [0.1, 0.15) is 18.4 Å². The molecule has 1 fully saturated rings. The first-order valence-electron chi connectivity index (χ1n) is 6.01. The second-order valence-corrected chi connectivity index (χ2v) is 6.45. The van der Waals surface area contributed by atoms with Crippen LogP contribution in [0.2, 0.25) is 0 Å². The van der Waals surface area contributed by atoms with Gasteiger partial charge in [0.2, 0.25) is 10.0 Å². The molecule has 1 unspecified atom stereocenters. The van der Waals surface area contributed by atoms with Crippen molar-refractivity contribution in [3.8, 4) is 0 Å². The molecule has 1 atom stereocenters. The summed E-state index contributed by atoms with van der Waals surface area (Å²) >= 11 is 0. The lowest BCUT2D eigenvalue weighted by Gasteiger charge is -2.29. The molecule has 3 N–H and O–H groups in total. The number of β-amino-alcohol motifs (C(OH)–C–C–N with tert-alkyl or cyclic N) is 1. The van der Waals surface area contributed by atoms with E-state index in [9.17, 15) is 13.5 Å². The monoisotopic (exact) mass is 270 g/mol. The van der Waals surface area contributed by atoms with Gasteiger partial charge in [-0.15, -0.1) is 0 Å². The Balaban J connectivity index is 2.23. The van der Waals surface area contributed by atoms with Gasteiger partial charge in [-0.3, -0.25) is 0 Å². The highest BCUT2D eigenvalue weighted by Crippen LogP contribution is 2.21. The van der Waals surface area contributed by atoms with Crippen molar-refractivity contribution in [3.05, 3.63) is 29.8 Å². The molecule has 18 heavy (non-hydrogen) atoms. The molecular weight excluding hydrogens is 252 g/mol. The van der Waals surface area contributed by atoms with Crippen LogP contribution in [0.15, 0.2) is 29.2 Å². The van der Waals surface area contributed by atoms with Gasteiger partial charge in [-0.1, -0.05) is 12.1 Å². The highest BCUT2D eigenvalue weighted by Gasteiger charge is 2.29. The van der Waals surface area contributed by atoms with Crippen molar-refractivity contribution >= 4 is 10.0 Å². The molecule has 1 aromatic carbocycles. The molecule has 0 bridgehead atoms. The van der Waals surface area contributed by atoms with Crippen LogP contribution in [-0.4, -0.2) is 37.0 Å². The van der Waals surface area contributed by atoms with E-state index in [1.54, 1.807) is 24.3 Å². The van der Waals surface area contributed by atoms with Crippen LogP contribution in [0, 0.1) is 0 Å². The highest BCUT2D eigenvalue weighted by atomic mass is 32.2. The first-order valence-corrected chi connectivity index (χ1v) is 7.45. The average molecular weight is 270 g/mol. The van der Waals surface area contributed by atoms with Crippen LogP contribution in [0.5, 0.6) is 0 Å². The van der Waals surface area contributed by atoms with Gasteiger partial charge in [0, 0.05) is 19.6 Å². The summed E-state index contributed by atoms with van der Waals surface area (Å²) in [6.07, 6.45) is 0.802. The minimum atomic E-state index is -3.49. The fraction of sp³-hybridized carbons (Fsp3) is 0.500. The summed E-state index contributed by atoms with van der Waals surface area (Å²) in [5.41, 5.74) is 6.37. The zero-order chi connectivity index (χ0) is 13.2. The van der Waals surface area contributed by atoms with Gasteiger partial charge in [0.15, 0.2) is 0 Å². The van der Waals surface area contributed by atoms with E-state index in [-0.39, 0.29) is 11.4 Å². The van der Waals surface area contributed by atoms with Crippen LogP contribution < -0.4 is 5.73 Å². The third-order valence-electron chi connectivity index (χ3n) is 3.16. The summed E-state index contributed by atoms with van der Waals surface area (Å²) in [5, 5.41) is 9.55. The smallest absolute Gasteiger partial charge is 0.243 e. The summed E-state index contributed by atoms with van der Waals surface area (Å²) < 4.78 is 26.0. The fourth-order valence-corrected chi connectivity index (χ4v) is 3.60. The van der Waals surface area contributed by atoms with E-state index in [1.807, 2.05) is 0 Å². The van der Waals surface area contributed by atoms with Gasteiger partial charge < -0.3 is 10.8 Å². The fourth-order valence-electron chi connectivity index (χ4n) is 2.09. The highest BCUT2D eigenvalue weighted by molar-refractivity contribution is 7.89. The molecule has 0 aromatic heterocycles. The molecule has 1 heterocycles. The lowest BCUT2D eigenvalue weighted by atomic mass is 10.1. The predicted octanol–water partition coefficient (Wildman–Crippen LogP) is 0.291. The predicted molar refractivity (Wildman–Crippen MR) is 68.3 cm³/mol. The van der Waals surface area contributed by atoms with Crippen molar-refractivity contribution in [2.24, 2.45) is 5.73 Å². The van der Waals surface area contributed by atoms with Crippen LogP contribution in [-0.2, 0) is 16.6 Å². The summed E-state index contributed by atoms with van der Waals surface area (Å²) in [7, 11) is -3.49. The Morgan fingerprint density at radius 3 is 2.56 bits per heavy atom. The Morgan fingerprint density at radius 1 is 1.33 bits per heavy atom. The molecule has 0 spiro atoms. The van der Waals surface area contributed by atoms with Gasteiger partial charge in [-0.25, -0.2) is 8.42 Å². The topological polar surface area (TPSA) is 83.6 Å². The van der Waals surface area contributed by atoms with E-state index < -0.39 is 16.1 Å². The van der Waals surface area contributed by atoms with Gasteiger partial charge >= 0.3 is 0 Å². The molecule has 0 radical (unpaired) electrons. The van der Waals surface area contributed by atoms with Gasteiger partial charge in [-0.05, 0) is 30.5 Å². The lowest BCUT2D eigenvalue weighted by molar-refractivity contribution is 0.108. The third kappa shape index (κ3) is 2.72. The largest absolute Gasteiger partial charge is 0.392 e. The number of sulfonamides is 1. The standard InChI is InChI=1S/C12H18N2O3S/c13-8-10-3-5-12(6-4-10)18(16,17)14-7-1-2-11(15)9-14/h3-6,11,15H,1-2,7-9,13H2. The molecular formula is C12H18N2O3S. The number of aliphatic hydroxyl groups excluding tert-OH is 1. The van der Waals surface area contributed by atoms with Gasteiger partial charge in [0.25, 0.3) is 0 Å². The molecule has 0 aliphatic carbocycles. The van der Waals surface area contributed by atoms with Crippen molar-refractivity contribution < 1.29 is 13.5 Å². The molecule has 1 aliphatic rings. The van der Waals surface area contributed by atoms with Crippen molar-refractivity contribution in [2.45, 2.75) is 30.4 Å². The molecule has 1 saturated heterocycles. The van der Waals surface area contributed by atoms with Crippen molar-refractivity contribution in [1.82, 2.24) is 4.31 Å². The second kappa shape index (κ2) is 5.36. The Bertz CT molecular complexity index is 499. The summed E-state index contributed by atoms with van der Waals surface area (Å²) in [6.45, 7) is 1.04. The molecule has 0 saturated carbocycles. The Morgan fingerprint density at radius 2 is 2.00 bits per heavy atom. The van der Waals surface area contributed by atoms with Crippen LogP contribution in [0.4, 0.5) is 0 Å². The number of benzene rings is 1. The van der Waals surface area contributed by atoms with Crippen molar-refractivity contribution in [3.63, 3.8) is 0 Å². The number of hydrogen-bond donors (Lipinski definition) is 2. The maximum atomic E-state index is 12.3. The first-order chi connectivity index (χ1) is 8.54. The first kappa shape index (κ1) is 13.5. The van der Waals surface area contributed by atoms with Crippen LogP contribution in [0.25, 0.3) is 0 Å². The molecule has 1 aliphatic heterocycles. The molecule has 1 aromatic rings. The molecule has 2 rings (SSSR count). The average Bonchev–Trinajstić information content (AvgIpc) is 2.39. The Kier molecular flexibility index (Phi) is 4.01. The van der Waals surface area contributed by atoms with Crippen molar-refractivity contribution in [1.29, 1.82) is 0 Å². The van der Waals surface area contributed by atoms with Crippen LogP contribution >= 0.6 is 0 Å². The third-order valence-corrected chi connectivity index (χ3v) is 5.04. The molecule has 5 nitrogen and oxygen atoms in total. The van der Waals surface area contributed by atoms with Crippen molar-refractivity contribution in [2.75, 3.05) is 13.1 Å². The number of piperidine rings is 1. The maximum absolute atomic E-state index is 12.3. The lowest BCUT2D eigenvalue weighted by Crippen LogP contribution is -2.42. The minimum absolute atomic E-state index is 0.182. The normalized spacial score (nSPS) is 22.0. The quantitative estimate of drug-likeness (QED) is 0.827. The number of nitrogens with zero attached hydrogens (tertiary/aromatic N) is 1. The summed E-state index contributed by atoms with van der Waals surface area (Å²) in [6, 6.07) is 6.57. The van der Waals surface area contributed by atoms with E-state index in [1.165, 1.54) is 4.31 Å². The number of nitrogens with two attached hydrogens (primary N) is 1. The van der Waals surface area contributed by atoms with Gasteiger partial charge in [-0.2, -0.15) is 4.31 Å². The van der Waals surface area contributed by atoms with E-state index >= 15 is 0 Å². The maximum Gasteiger partial charge on any atom is 0.243 e. The zero-order valence-electron chi connectivity index (χ0n) is 10.1. The van der Waals surface area contributed by atoms with E-state index in [0.717, 1.165) is 5.56 Å². The SMILES string of the molecule is NCc1ccc(S(=O)(=O)N2CCCC(O)C2)cc1. The number of aliphatic hydroxyl groups is 1. The molecule has 100 valence electrons. The Labute approximate surface area is 107 Å².